The number of rotatable bonds is 4. The van der Waals surface area contributed by atoms with E-state index in [-0.39, 0.29) is 11.5 Å². The molecule has 0 unspecified atom stereocenters. The zero-order valence-corrected chi connectivity index (χ0v) is 12.0. The number of hydrogen-bond acceptors (Lipinski definition) is 4. The number of nitrogens with one attached hydrogen (secondary N) is 1. The van der Waals surface area contributed by atoms with E-state index in [1.165, 1.54) is 11.6 Å². The molecule has 20 heavy (non-hydrogen) atoms. The topological polar surface area (TPSA) is 55.7 Å². The summed E-state index contributed by atoms with van der Waals surface area (Å²) in [4.78, 5) is 2.07. The molecule has 0 aliphatic rings. The highest BCUT2D eigenvalue weighted by Crippen LogP contribution is 2.25. The Balaban J connectivity index is 2.13. The molecule has 0 aliphatic heterocycles. The molecule has 106 valence electrons. The molecule has 0 saturated heterocycles. The molecule has 2 aromatic carbocycles. The van der Waals surface area contributed by atoms with Gasteiger partial charge in [-0.3, -0.25) is 0 Å². The molecule has 0 fully saturated rings. The zero-order valence-electron chi connectivity index (χ0n) is 12.0. The van der Waals surface area contributed by atoms with Crippen LogP contribution in [0.2, 0.25) is 0 Å². The molecule has 0 aliphatic carbocycles. The number of anilines is 2. The van der Waals surface area contributed by atoms with Gasteiger partial charge in [0, 0.05) is 43.6 Å². The van der Waals surface area contributed by atoms with Crippen molar-refractivity contribution in [1.82, 2.24) is 0 Å². The van der Waals surface area contributed by atoms with Crippen molar-refractivity contribution in [2.75, 3.05) is 24.3 Å². The summed E-state index contributed by atoms with van der Waals surface area (Å²) in [5.41, 5.74) is 4.11. The van der Waals surface area contributed by atoms with Gasteiger partial charge in [-0.15, -0.1) is 0 Å². The number of phenols is 2. The molecule has 2 rings (SSSR count). The molecule has 3 N–H and O–H groups in total. The van der Waals surface area contributed by atoms with E-state index >= 15 is 0 Å². The average Bonchev–Trinajstić information content (AvgIpc) is 2.39. The van der Waals surface area contributed by atoms with Gasteiger partial charge >= 0.3 is 0 Å². The van der Waals surface area contributed by atoms with Gasteiger partial charge in [-0.2, -0.15) is 0 Å². The van der Waals surface area contributed by atoms with Crippen molar-refractivity contribution in [3.63, 3.8) is 0 Å². The monoisotopic (exact) mass is 272 g/mol. The van der Waals surface area contributed by atoms with Gasteiger partial charge in [-0.25, -0.2) is 0 Å². The lowest BCUT2D eigenvalue weighted by atomic mass is 10.1. The van der Waals surface area contributed by atoms with Gasteiger partial charge < -0.3 is 20.4 Å². The first-order valence-corrected chi connectivity index (χ1v) is 6.50. The highest BCUT2D eigenvalue weighted by molar-refractivity contribution is 5.62. The summed E-state index contributed by atoms with van der Waals surface area (Å²) in [5.74, 6) is 0.161. The fraction of sp³-hybridized carbons (Fsp3) is 0.250. The van der Waals surface area contributed by atoms with E-state index in [1.807, 2.05) is 20.2 Å². The largest absolute Gasteiger partial charge is 0.508 e. The summed E-state index contributed by atoms with van der Waals surface area (Å²) >= 11 is 0. The molecule has 0 bridgehead atoms. The summed E-state index contributed by atoms with van der Waals surface area (Å²) < 4.78 is 0. The molecule has 0 atom stereocenters. The second-order valence-corrected chi connectivity index (χ2v) is 5.06. The van der Waals surface area contributed by atoms with Crippen LogP contribution in [0.3, 0.4) is 0 Å². The van der Waals surface area contributed by atoms with Crippen LogP contribution in [0.25, 0.3) is 0 Å². The molecule has 0 spiro atoms. The van der Waals surface area contributed by atoms with Crippen LogP contribution in [0.15, 0.2) is 36.4 Å². The smallest absolute Gasteiger partial charge is 0.124 e. The Labute approximate surface area is 119 Å². The summed E-state index contributed by atoms with van der Waals surface area (Å²) in [6.07, 6.45) is 0. The summed E-state index contributed by atoms with van der Waals surface area (Å²) in [6.45, 7) is 2.58. The second-order valence-electron chi connectivity index (χ2n) is 5.06. The van der Waals surface area contributed by atoms with Gasteiger partial charge in [0.25, 0.3) is 0 Å². The average molecular weight is 272 g/mol. The van der Waals surface area contributed by atoms with E-state index in [0.717, 1.165) is 16.9 Å². The number of aryl methyl sites for hydroxylation is 1. The first-order valence-electron chi connectivity index (χ1n) is 6.50. The highest BCUT2D eigenvalue weighted by Gasteiger charge is 2.05. The normalized spacial score (nSPS) is 10.3. The maximum atomic E-state index is 9.75. The number of aromatic hydroxyl groups is 2. The van der Waals surface area contributed by atoms with Gasteiger partial charge in [0.05, 0.1) is 0 Å². The second kappa shape index (κ2) is 5.74. The highest BCUT2D eigenvalue weighted by atomic mass is 16.3. The minimum atomic E-state index is 0.0662. The fourth-order valence-corrected chi connectivity index (χ4v) is 2.10. The Morgan fingerprint density at radius 3 is 2.45 bits per heavy atom. The van der Waals surface area contributed by atoms with Crippen LogP contribution in [-0.2, 0) is 6.54 Å². The Morgan fingerprint density at radius 2 is 1.80 bits per heavy atom. The number of nitrogens with zero attached hydrogens (tertiary/aromatic N) is 1. The van der Waals surface area contributed by atoms with Crippen LogP contribution in [0.1, 0.15) is 11.1 Å². The van der Waals surface area contributed by atoms with Crippen molar-refractivity contribution < 1.29 is 10.2 Å². The molecule has 0 radical (unpaired) electrons. The van der Waals surface area contributed by atoms with Crippen LogP contribution in [0.5, 0.6) is 11.5 Å². The van der Waals surface area contributed by atoms with E-state index in [2.05, 4.69) is 29.3 Å². The van der Waals surface area contributed by atoms with Crippen LogP contribution >= 0.6 is 0 Å². The molecular formula is C16H20N2O2. The van der Waals surface area contributed by atoms with E-state index in [1.54, 1.807) is 12.1 Å². The number of hydrogen-bond donors (Lipinski definition) is 3. The molecule has 0 amide bonds. The maximum Gasteiger partial charge on any atom is 0.124 e. The SMILES string of the molecule is Cc1ccc(NCc2ccc(O)cc2O)cc1N(C)C. The Bertz CT molecular complexity index is 609. The Morgan fingerprint density at radius 1 is 1.05 bits per heavy atom. The maximum absolute atomic E-state index is 9.75. The van der Waals surface area contributed by atoms with Crippen molar-refractivity contribution >= 4 is 11.4 Å². The first-order chi connectivity index (χ1) is 9.47. The molecular weight excluding hydrogens is 252 g/mol. The van der Waals surface area contributed by atoms with Gasteiger partial charge in [0.2, 0.25) is 0 Å². The Hall–Kier alpha value is -2.36. The van der Waals surface area contributed by atoms with E-state index in [4.69, 9.17) is 0 Å². The molecule has 0 heterocycles. The molecule has 4 nitrogen and oxygen atoms in total. The molecule has 0 aromatic heterocycles. The quantitative estimate of drug-likeness (QED) is 0.800. The van der Waals surface area contributed by atoms with Crippen molar-refractivity contribution in [2.24, 2.45) is 0 Å². The van der Waals surface area contributed by atoms with Crippen molar-refractivity contribution in [3.05, 3.63) is 47.5 Å². The predicted octanol–water partition coefficient (Wildman–Crippen LogP) is 3.08. The molecule has 0 saturated carbocycles. The number of phenolic OH excluding ortho intramolecular Hbond substituents is 2. The molecule has 4 heteroatoms. The van der Waals surface area contributed by atoms with E-state index < -0.39 is 0 Å². The third-order valence-electron chi connectivity index (χ3n) is 3.24. The standard InChI is InChI=1S/C16H20N2O2/c1-11-4-6-13(8-15(11)18(2)3)17-10-12-5-7-14(19)9-16(12)20/h4-9,17,19-20H,10H2,1-3H3. The summed E-state index contributed by atoms with van der Waals surface area (Å²) in [6, 6.07) is 10.8. The third-order valence-corrected chi connectivity index (χ3v) is 3.24. The van der Waals surface area contributed by atoms with Crippen LogP contribution in [0, 0.1) is 6.92 Å². The van der Waals surface area contributed by atoms with E-state index in [9.17, 15) is 10.2 Å². The predicted molar refractivity (Wildman–Crippen MR) is 82.6 cm³/mol. The van der Waals surface area contributed by atoms with Gasteiger partial charge in [-0.05, 0) is 36.8 Å². The lowest BCUT2D eigenvalue weighted by Gasteiger charge is -2.17. The van der Waals surface area contributed by atoms with Gasteiger partial charge in [0.1, 0.15) is 11.5 Å². The van der Waals surface area contributed by atoms with Crippen molar-refractivity contribution in [3.8, 4) is 11.5 Å². The van der Waals surface area contributed by atoms with E-state index in [0.29, 0.717) is 6.54 Å². The fourth-order valence-electron chi connectivity index (χ4n) is 2.10. The lowest BCUT2D eigenvalue weighted by molar-refractivity contribution is 0.446. The van der Waals surface area contributed by atoms with Crippen LogP contribution in [-0.4, -0.2) is 24.3 Å². The minimum absolute atomic E-state index is 0.0662. The minimum Gasteiger partial charge on any atom is -0.508 e. The van der Waals surface area contributed by atoms with Gasteiger partial charge in [-0.1, -0.05) is 6.07 Å². The summed E-state index contributed by atoms with van der Waals surface area (Å²) in [7, 11) is 4.02. The van der Waals surface area contributed by atoms with Crippen molar-refractivity contribution in [2.45, 2.75) is 13.5 Å². The zero-order chi connectivity index (χ0) is 14.7. The lowest BCUT2D eigenvalue weighted by Crippen LogP contribution is -2.11. The van der Waals surface area contributed by atoms with Crippen molar-refractivity contribution in [1.29, 1.82) is 0 Å². The first kappa shape index (κ1) is 14.1. The van der Waals surface area contributed by atoms with Gasteiger partial charge in [0.15, 0.2) is 0 Å². The molecule has 2 aromatic rings. The number of benzene rings is 2. The summed E-state index contributed by atoms with van der Waals surface area (Å²) in [5, 5.41) is 22.3. The third kappa shape index (κ3) is 3.15. The van der Waals surface area contributed by atoms with Crippen LogP contribution < -0.4 is 10.2 Å². The Kier molecular flexibility index (Phi) is 4.03. The van der Waals surface area contributed by atoms with Crippen LogP contribution in [0.4, 0.5) is 11.4 Å².